The molecule has 1 aliphatic heterocycles. The SMILES string of the molecule is CCOC(=O)C(Cc1ccccc1)CN1CC[C@](C)(c2cccc(O)c2)[C@H](C)C1. The lowest BCUT2D eigenvalue weighted by molar-refractivity contribution is -0.149. The van der Waals surface area contributed by atoms with E-state index in [1.165, 1.54) is 11.1 Å². The molecule has 29 heavy (non-hydrogen) atoms. The number of aromatic hydroxyl groups is 1. The van der Waals surface area contributed by atoms with Crippen molar-refractivity contribution in [1.82, 2.24) is 4.90 Å². The first-order valence-corrected chi connectivity index (χ1v) is 10.6. The van der Waals surface area contributed by atoms with Crippen LogP contribution in [0.1, 0.15) is 38.3 Å². The molecule has 0 spiro atoms. The largest absolute Gasteiger partial charge is 0.508 e. The van der Waals surface area contributed by atoms with E-state index in [1.54, 1.807) is 6.07 Å². The van der Waals surface area contributed by atoms with Crippen LogP contribution in [0, 0.1) is 11.8 Å². The van der Waals surface area contributed by atoms with Gasteiger partial charge in [-0.2, -0.15) is 0 Å². The van der Waals surface area contributed by atoms with Gasteiger partial charge in [0.15, 0.2) is 0 Å². The van der Waals surface area contributed by atoms with Gasteiger partial charge < -0.3 is 14.7 Å². The number of carbonyl (C=O) groups excluding carboxylic acids is 1. The predicted molar refractivity (Wildman–Crippen MR) is 116 cm³/mol. The number of phenolic OH excluding ortho intramolecular Hbond substituents is 1. The van der Waals surface area contributed by atoms with Crippen molar-refractivity contribution in [2.24, 2.45) is 11.8 Å². The maximum Gasteiger partial charge on any atom is 0.310 e. The van der Waals surface area contributed by atoms with Crippen molar-refractivity contribution >= 4 is 5.97 Å². The second-order valence-corrected chi connectivity index (χ2v) is 8.52. The number of benzene rings is 2. The van der Waals surface area contributed by atoms with Crippen LogP contribution in [0.3, 0.4) is 0 Å². The fraction of sp³-hybridized carbons (Fsp3) is 0.480. The van der Waals surface area contributed by atoms with E-state index in [4.69, 9.17) is 4.74 Å². The molecule has 0 saturated carbocycles. The standard InChI is InChI=1S/C25H33NO3/c1-4-29-24(28)21(15-20-9-6-5-7-10-20)18-26-14-13-25(3,19(2)17-26)22-11-8-12-23(27)16-22/h5-12,16,19,21,27H,4,13-15,17-18H2,1-3H3/t19-,21?,25+/m1/s1. The fourth-order valence-corrected chi connectivity index (χ4v) is 4.47. The highest BCUT2D eigenvalue weighted by molar-refractivity contribution is 5.73. The number of rotatable bonds is 7. The average molecular weight is 396 g/mol. The Hall–Kier alpha value is -2.33. The Labute approximate surface area is 174 Å². The Balaban J connectivity index is 1.69. The van der Waals surface area contributed by atoms with Crippen LogP contribution < -0.4 is 0 Å². The highest BCUT2D eigenvalue weighted by Gasteiger charge is 2.39. The van der Waals surface area contributed by atoms with Crippen molar-refractivity contribution in [3.05, 3.63) is 65.7 Å². The number of phenols is 1. The zero-order valence-electron chi connectivity index (χ0n) is 17.8. The molecule has 0 amide bonds. The number of hydrogen-bond donors (Lipinski definition) is 1. The van der Waals surface area contributed by atoms with Crippen molar-refractivity contribution in [1.29, 1.82) is 0 Å². The van der Waals surface area contributed by atoms with Crippen molar-refractivity contribution in [2.45, 2.75) is 39.0 Å². The summed E-state index contributed by atoms with van der Waals surface area (Å²) < 4.78 is 5.37. The van der Waals surface area contributed by atoms with Crippen molar-refractivity contribution < 1.29 is 14.6 Å². The molecule has 3 atom stereocenters. The maximum atomic E-state index is 12.6. The number of piperidine rings is 1. The number of likely N-dealkylation sites (tertiary alicyclic amines) is 1. The molecule has 1 saturated heterocycles. The van der Waals surface area contributed by atoms with Crippen LogP contribution in [0.25, 0.3) is 0 Å². The Bertz CT molecular complexity index is 807. The lowest BCUT2D eigenvalue weighted by atomic mass is 9.68. The van der Waals surface area contributed by atoms with Gasteiger partial charge in [0.1, 0.15) is 5.75 Å². The minimum absolute atomic E-state index is 0.0219. The van der Waals surface area contributed by atoms with Gasteiger partial charge >= 0.3 is 5.97 Å². The van der Waals surface area contributed by atoms with Gasteiger partial charge in [-0.1, -0.05) is 56.3 Å². The van der Waals surface area contributed by atoms with E-state index in [1.807, 2.05) is 37.3 Å². The number of hydrogen-bond acceptors (Lipinski definition) is 4. The summed E-state index contributed by atoms with van der Waals surface area (Å²) in [5.41, 5.74) is 2.38. The van der Waals surface area contributed by atoms with Gasteiger partial charge in [0, 0.05) is 13.1 Å². The summed E-state index contributed by atoms with van der Waals surface area (Å²) in [6.45, 7) is 9.41. The summed E-state index contributed by atoms with van der Waals surface area (Å²) in [4.78, 5) is 15.0. The molecule has 1 fully saturated rings. The van der Waals surface area contributed by atoms with Gasteiger partial charge in [-0.15, -0.1) is 0 Å². The molecule has 2 aromatic rings. The van der Waals surface area contributed by atoms with Gasteiger partial charge in [0.2, 0.25) is 0 Å². The van der Waals surface area contributed by atoms with Crippen molar-refractivity contribution in [2.75, 3.05) is 26.2 Å². The molecule has 0 radical (unpaired) electrons. The number of esters is 1. The molecule has 2 aromatic carbocycles. The molecule has 1 aliphatic rings. The molecule has 0 bridgehead atoms. The summed E-state index contributed by atoms with van der Waals surface area (Å²) in [6.07, 6.45) is 1.70. The van der Waals surface area contributed by atoms with E-state index in [9.17, 15) is 9.90 Å². The molecular weight excluding hydrogens is 362 g/mol. The van der Waals surface area contributed by atoms with E-state index in [-0.39, 0.29) is 17.3 Å². The van der Waals surface area contributed by atoms with E-state index in [2.05, 4.69) is 36.9 Å². The molecule has 1 heterocycles. The normalized spacial score (nSPS) is 23.5. The molecule has 156 valence electrons. The third kappa shape index (κ3) is 5.18. The van der Waals surface area contributed by atoms with Crippen molar-refractivity contribution in [3.63, 3.8) is 0 Å². The Morgan fingerprint density at radius 2 is 2.00 bits per heavy atom. The first kappa shape index (κ1) is 21.4. The monoisotopic (exact) mass is 395 g/mol. The lowest BCUT2D eigenvalue weighted by Crippen LogP contribution is -2.49. The Morgan fingerprint density at radius 1 is 1.24 bits per heavy atom. The molecule has 4 nitrogen and oxygen atoms in total. The van der Waals surface area contributed by atoms with Gasteiger partial charge in [-0.25, -0.2) is 0 Å². The first-order valence-electron chi connectivity index (χ1n) is 10.6. The van der Waals surface area contributed by atoms with Crippen LogP contribution in [0.5, 0.6) is 5.75 Å². The smallest absolute Gasteiger partial charge is 0.310 e. The topological polar surface area (TPSA) is 49.8 Å². The average Bonchev–Trinajstić information content (AvgIpc) is 2.71. The number of nitrogens with zero attached hydrogens (tertiary/aromatic N) is 1. The van der Waals surface area contributed by atoms with Crippen LogP contribution >= 0.6 is 0 Å². The highest BCUT2D eigenvalue weighted by atomic mass is 16.5. The molecule has 0 aromatic heterocycles. The quantitative estimate of drug-likeness (QED) is 0.706. The summed E-state index contributed by atoms with van der Waals surface area (Å²) in [5, 5.41) is 9.91. The lowest BCUT2D eigenvalue weighted by Gasteiger charge is -2.45. The second-order valence-electron chi connectivity index (χ2n) is 8.52. The third-order valence-corrected chi connectivity index (χ3v) is 6.50. The van der Waals surface area contributed by atoms with E-state index < -0.39 is 0 Å². The van der Waals surface area contributed by atoms with Gasteiger partial charge in [-0.05, 0) is 60.9 Å². The van der Waals surface area contributed by atoms with Crippen LogP contribution in [-0.2, 0) is 21.4 Å². The van der Waals surface area contributed by atoms with Crippen molar-refractivity contribution in [3.8, 4) is 5.75 Å². The molecular formula is C25H33NO3. The van der Waals surface area contributed by atoms with E-state index in [0.717, 1.165) is 19.5 Å². The zero-order chi connectivity index (χ0) is 20.9. The van der Waals surface area contributed by atoms with Crippen LogP contribution in [0.4, 0.5) is 0 Å². The molecule has 1 N–H and O–H groups in total. The third-order valence-electron chi connectivity index (χ3n) is 6.50. The zero-order valence-corrected chi connectivity index (χ0v) is 17.8. The fourth-order valence-electron chi connectivity index (χ4n) is 4.47. The van der Waals surface area contributed by atoms with Crippen LogP contribution in [0.2, 0.25) is 0 Å². The maximum absolute atomic E-state index is 12.6. The predicted octanol–water partition coefficient (Wildman–Crippen LogP) is 4.41. The highest BCUT2D eigenvalue weighted by Crippen LogP contribution is 2.40. The molecule has 3 rings (SSSR count). The summed E-state index contributed by atoms with van der Waals surface area (Å²) in [6, 6.07) is 17.8. The summed E-state index contributed by atoms with van der Waals surface area (Å²) in [5.74, 6) is 0.473. The van der Waals surface area contributed by atoms with E-state index >= 15 is 0 Å². The Morgan fingerprint density at radius 3 is 2.66 bits per heavy atom. The van der Waals surface area contributed by atoms with Gasteiger partial charge in [0.05, 0.1) is 12.5 Å². The molecule has 1 unspecified atom stereocenters. The number of ether oxygens (including phenoxy) is 1. The van der Waals surface area contributed by atoms with Crippen LogP contribution in [-0.4, -0.2) is 42.2 Å². The van der Waals surface area contributed by atoms with Gasteiger partial charge in [-0.3, -0.25) is 4.79 Å². The summed E-state index contributed by atoms with van der Waals surface area (Å²) in [7, 11) is 0. The molecule has 4 heteroatoms. The Kier molecular flexibility index (Phi) is 6.96. The number of carbonyl (C=O) groups is 1. The van der Waals surface area contributed by atoms with Crippen LogP contribution in [0.15, 0.2) is 54.6 Å². The minimum atomic E-state index is -0.158. The first-order chi connectivity index (χ1) is 13.9. The second kappa shape index (κ2) is 9.45. The molecule has 0 aliphatic carbocycles. The van der Waals surface area contributed by atoms with Gasteiger partial charge in [0.25, 0.3) is 0 Å². The summed E-state index contributed by atoms with van der Waals surface area (Å²) >= 11 is 0. The minimum Gasteiger partial charge on any atom is -0.508 e. The van der Waals surface area contributed by atoms with E-state index in [0.29, 0.717) is 31.2 Å².